The largest absolute Gasteiger partial charge is 0.443 e. The molecule has 1 aromatic carbocycles. The van der Waals surface area contributed by atoms with Crippen molar-refractivity contribution < 1.29 is 13.9 Å². The van der Waals surface area contributed by atoms with Crippen LogP contribution in [0.5, 0.6) is 0 Å². The number of nitrogens with zero attached hydrogens (tertiary/aromatic N) is 2. The Morgan fingerprint density at radius 2 is 2.05 bits per heavy atom. The van der Waals surface area contributed by atoms with Crippen molar-refractivity contribution in [3.8, 4) is 11.3 Å². The van der Waals surface area contributed by atoms with Gasteiger partial charge in [0.2, 0.25) is 0 Å². The molecule has 0 aliphatic rings. The Labute approximate surface area is 128 Å². The van der Waals surface area contributed by atoms with E-state index in [0.29, 0.717) is 5.89 Å². The number of carbonyl (C=O) groups is 1. The molecule has 0 radical (unpaired) electrons. The highest BCUT2D eigenvalue weighted by molar-refractivity contribution is 5.83. The van der Waals surface area contributed by atoms with E-state index >= 15 is 0 Å². The minimum atomic E-state index is -0.536. The van der Waals surface area contributed by atoms with Gasteiger partial charge in [0.05, 0.1) is 5.69 Å². The third-order valence-corrected chi connectivity index (χ3v) is 3.13. The third-order valence-electron chi connectivity index (χ3n) is 3.13. The number of hydrogen-bond donors (Lipinski definition) is 0. The average molecular weight is 298 g/mol. The SMILES string of the molecule is Cc1nc2cc(-c3cccn3C(=O)OC(C)(C)C)ccc2o1. The molecule has 0 fully saturated rings. The van der Waals surface area contributed by atoms with Crippen molar-refractivity contribution in [2.24, 2.45) is 0 Å². The number of aromatic nitrogens is 2. The predicted molar refractivity (Wildman–Crippen MR) is 83.8 cm³/mol. The second-order valence-electron chi connectivity index (χ2n) is 6.16. The molecular formula is C17H18N2O3. The van der Waals surface area contributed by atoms with Crippen molar-refractivity contribution >= 4 is 17.2 Å². The van der Waals surface area contributed by atoms with Gasteiger partial charge in [-0.25, -0.2) is 9.78 Å². The standard InChI is InChI=1S/C17H18N2O3/c1-11-18-13-10-12(7-8-15(13)21-11)14-6-5-9-19(14)16(20)22-17(2,3)4/h5-10H,1-4H3. The van der Waals surface area contributed by atoms with Crippen molar-refractivity contribution in [2.75, 3.05) is 0 Å². The molecule has 114 valence electrons. The topological polar surface area (TPSA) is 57.3 Å². The molecular weight excluding hydrogens is 280 g/mol. The van der Waals surface area contributed by atoms with Gasteiger partial charge >= 0.3 is 6.09 Å². The summed E-state index contributed by atoms with van der Waals surface area (Å²) < 4.78 is 12.4. The maximum Gasteiger partial charge on any atom is 0.418 e. The predicted octanol–water partition coefficient (Wildman–Crippen LogP) is 4.39. The normalized spacial score (nSPS) is 11.8. The molecule has 0 saturated heterocycles. The van der Waals surface area contributed by atoms with E-state index in [4.69, 9.17) is 9.15 Å². The summed E-state index contributed by atoms with van der Waals surface area (Å²) in [6.07, 6.45) is 1.30. The highest BCUT2D eigenvalue weighted by atomic mass is 16.6. The smallest absolute Gasteiger partial charge is 0.418 e. The Hall–Kier alpha value is -2.56. The Kier molecular flexibility index (Phi) is 3.28. The highest BCUT2D eigenvalue weighted by Crippen LogP contribution is 2.26. The molecule has 0 unspecified atom stereocenters. The van der Waals surface area contributed by atoms with Gasteiger partial charge in [-0.2, -0.15) is 0 Å². The minimum Gasteiger partial charge on any atom is -0.443 e. The Balaban J connectivity index is 2.01. The fourth-order valence-electron chi connectivity index (χ4n) is 2.29. The van der Waals surface area contributed by atoms with Gasteiger partial charge in [0.15, 0.2) is 11.5 Å². The van der Waals surface area contributed by atoms with Gasteiger partial charge in [0.1, 0.15) is 11.1 Å². The van der Waals surface area contributed by atoms with E-state index in [9.17, 15) is 4.79 Å². The van der Waals surface area contributed by atoms with Crippen LogP contribution in [0.2, 0.25) is 0 Å². The van der Waals surface area contributed by atoms with Gasteiger partial charge in [-0.3, -0.25) is 4.57 Å². The van der Waals surface area contributed by atoms with Crippen LogP contribution in [0, 0.1) is 6.92 Å². The second kappa shape index (κ2) is 5.02. The summed E-state index contributed by atoms with van der Waals surface area (Å²) in [7, 11) is 0. The molecule has 0 bridgehead atoms. The number of fused-ring (bicyclic) bond motifs is 1. The molecule has 3 aromatic rings. The molecule has 0 aliphatic carbocycles. The molecule has 5 nitrogen and oxygen atoms in total. The number of hydrogen-bond acceptors (Lipinski definition) is 4. The highest BCUT2D eigenvalue weighted by Gasteiger charge is 2.20. The first kappa shape index (κ1) is 14.4. The van der Waals surface area contributed by atoms with Crippen molar-refractivity contribution in [2.45, 2.75) is 33.3 Å². The summed E-state index contributed by atoms with van der Waals surface area (Å²) in [5, 5.41) is 0. The first-order chi connectivity index (χ1) is 10.3. The second-order valence-corrected chi connectivity index (χ2v) is 6.16. The zero-order valence-corrected chi connectivity index (χ0v) is 13.1. The number of benzene rings is 1. The molecule has 5 heteroatoms. The summed E-state index contributed by atoms with van der Waals surface area (Å²) in [6, 6.07) is 9.36. The van der Waals surface area contributed by atoms with Crippen LogP contribution in [0.1, 0.15) is 26.7 Å². The first-order valence-electron chi connectivity index (χ1n) is 7.12. The van der Waals surface area contributed by atoms with Crippen LogP contribution in [0.15, 0.2) is 40.9 Å². The van der Waals surface area contributed by atoms with Crippen molar-refractivity contribution in [3.05, 3.63) is 42.4 Å². The molecule has 0 saturated carbocycles. The van der Waals surface area contributed by atoms with Crippen LogP contribution >= 0.6 is 0 Å². The van der Waals surface area contributed by atoms with E-state index in [1.807, 2.05) is 58.0 Å². The lowest BCUT2D eigenvalue weighted by Gasteiger charge is -2.20. The van der Waals surface area contributed by atoms with E-state index < -0.39 is 11.7 Å². The number of ether oxygens (including phenoxy) is 1. The lowest BCUT2D eigenvalue weighted by Crippen LogP contribution is -2.27. The fraction of sp³-hybridized carbons (Fsp3) is 0.294. The summed E-state index contributed by atoms with van der Waals surface area (Å²) in [6.45, 7) is 7.35. The third kappa shape index (κ3) is 2.74. The van der Waals surface area contributed by atoms with Crippen LogP contribution in [0.25, 0.3) is 22.4 Å². The number of carbonyl (C=O) groups excluding carboxylic acids is 1. The Bertz CT molecular complexity index is 837. The fourth-order valence-corrected chi connectivity index (χ4v) is 2.29. The lowest BCUT2D eigenvalue weighted by atomic mass is 10.1. The first-order valence-corrected chi connectivity index (χ1v) is 7.12. The molecule has 2 aromatic heterocycles. The van der Waals surface area contributed by atoms with Crippen molar-refractivity contribution in [3.63, 3.8) is 0 Å². The quantitative estimate of drug-likeness (QED) is 0.668. The minimum absolute atomic E-state index is 0.399. The van der Waals surface area contributed by atoms with Crippen LogP contribution < -0.4 is 0 Å². The summed E-state index contributed by atoms with van der Waals surface area (Å²) in [4.78, 5) is 16.6. The molecule has 2 heterocycles. The summed E-state index contributed by atoms with van der Waals surface area (Å²) >= 11 is 0. The van der Waals surface area contributed by atoms with E-state index in [1.165, 1.54) is 4.57 Å². The van der Waals surface area contributed by atoms with E-state index in [0.717, 1.165) is 22.4 Å². The van der Waals surface area contributed by atoms with Gasteiger partial charge in [0, 0.05) is 18.7 Å². The number of oxazole rings is 1. The maximum absolute atomic E-state index is 12.3. The van der Waals surface area contributed by atoms with Gasteiger partial charge in [-0.15, -0.1) is 0 Å². The molecule has 0 spiro atoms. The maximum atomic E-state index is 12.3. The number of rotatable bonds is 1. The van der Waals surface area contributed by atoms with Gasteiger partial charge in [0.25, 0.3) is 0 Å². The average Bonchev–Trinajstić information content (AvgIpc) is 2.99. The zero-order chi connectivity index (χ0) is 15.9. The van der Waals surface area contributed by atoms with Crippen molar-refractivity contribution in [1.29, 1.82) is 0 Å². The van der Waals surface area contributed by atoms with Gasteiger partial charge < -0.3 is 9.15 Å². The lowest BCUT2D eigenvalue weighted by molar-refractivity contribution is 0.0540. The van der Waals surface area contributed by atoms with E-state index in [1.54, 1.807) is 6.20 Å². The van der Waals surface area contributed by atoms with Gasteiger partial charge in [-0.05, 0) is 51.1 Å². The molecule has 22 heavy (non-hydrogen) atoms. The van der Waals surface area contributed by atoms with Gasteiger partial charge in [-0.1, -0.05) is 0 Å². The molecule has 3 rings (SSSR count). The van der Waals surface area contributed by atoms with E-state index in [2.05, 4.69) is 4.98 Å². The van der Waals surface area contributed by atoms with Crippen LogP contribution in [-0.2, 0) is 4.74 Å². The number of aryl methyl sites for hydroxylation is 1. The zero-order valence-electron chi connectivity index (χ0n) is 13.1. The molecule has 0 N–H and O–H groups in total. The summed E-state index contributed by atoms with van der Waals surface area (Å²) in [5.74, 6) is 0.620. The Morgan fingerprint density at radius 3 is 2.77 bits per heavy atom. The van der Waals surface area contributed by atoms with Crippen molar-refractivity contribution in [1.82, 2.24) is 9.55 Å². The Morgan fingerprint density at radius 1 is 1.27 bits per heavy atom. The van der Waals surface area contributed by atoms with E-state index in [-0.39, 0.29) is 0 Å². The molecule has 0 atom stereocenters. The molecule has 0 aliphatic heterocycles. The monoisotopic (exact) mass is 298 g/mol. The van der Waals surface area contributed by atoms with Crippen LogP contribution in [0.4, 0.5) is 4.79 Å². The van der Waals surface area contributed by atoms with Crippen LogP contribution in [-0.4, -0.2) is 21.2 Å². The summed E-state index contributed by atoms with van der Waals surface area (Å²) in [5.41, 5.74) is 2.61. The molecule has 0 amide bonds. The van der Waals surface area contributed by atoms with Crippen LogP contribution in [0.3, 0.4) is 0 Å².